The summed E-state index contributed by atoms with van der Waals surface area (Å²) in [6.45, 7) is 2.25. The van der Waals surface area contributed by atoms with Gasteiger partial charge in [0.15, 0.2) is 5.60 Å². The number of carboxylic acids is 1. The van der Waals surface area contributed by atoms with E-state index in [1.165, 1.54) is 0 Å². The molecule has 0 spiro atoms. The Morgan fingerprint density at radius 1 is 1.67 bits per heavy atom. The maximum atomic E-state index is 11.3. The molecule has 1 fully saturated rings. The van der Waals surface area contributed by atoms with Crippen molar-refractivity contribution >= 4 is 17.7 Å². The van der Waals surface area contributed by atoms with Gasteiger partial charge in [-0.15, -0.1) is 0 Å². The van der Waals surface area contributed by atoms with Crippen LogP contribution in [0.3, 0.4) is 0 Å². The number of carboxylic acid groups (broad SMARTS) is 1. The molecule has 1 aliphatic heterocycles. The predicted molar refractivity (Wildman–Crippen MR) is 59.2 cm³/mol. The second kappa shape index (κ2) is 5.72. The van der Waals surface area contributed by atoms with E-state index >= 15 is 0 Å². The number of aliphatic carboxylic acids is 1. The molecule has 2 atom stereocenters. The van der Waals surface area contributed by atoms with Crippen LogP contribution in [0.2, 0.25) is 0 Å². The molecule has 88 valence electrons. The van der Waals surface area contributed by atoms with Crippen LogP contribution in [0.15, 0.2) is 0 Å². The molecule has 5 heteroatoms. The van der Waals surface area contributed by atoms with Gasteiger partial charge >= 0.3 is 5.97 Å². The van der Waals surface area contributed by atoms with Crippen molar-refractivity contribution < 1.29 is 19.7 Å². The number of hydrogen-bond donors (Lipinski definition) is 2. The maximum absolute atomic E-state index is 11.3. The van der Waals surface area contributed by atoms with E-state index in [4.69, 9.17) is 9.84 Å². The molecule has 15 heavy (non-hydrogen) atoms. The van der Waals surface area contributed by atoms with Gasteiger partial charge in [0.25, 0.3) is 0 Å². The monoisotopic (exact) mass is 234 g/mol. The molecule has 1 aliphatic rings. The number of aliphatic hydroxyl groups excluding tert-OH is 1. The van der Waals surface area contributed by atoms with Gasteiger partial charge in [-0.2, -0.15) is 11.8 Å². The highest BCUT2D eigenvalue weighted by atomic mass is 32.2. The first-order chi connectivity index (χ1) is 7.13. The average Bonchev–Trinajstić information content (AvgIpc) is 2.21. The Morgan fingerprint density at radius 2 is 2.40 bits per heavy atom. The summed E-state index contributed by atoms with van der Waals surface area (Å²) in [7, 11) is 0. The SMILES string of the molecule is CC1SCCCC1(OCCCO)C(=O)O. The summed E-state index contributed by atoms with van der Waals surface area (Å²) in [5.41, 5.74) is -1.04. The predicted octanol–water partition coefficient (Wildman–Crippen LogP) is 1.12. The molecular weight excluding hydrogens is 216 g/mol. The van der Waals surface area contributed by atoms with E-state index in [2.05, 4.69) is 0 Å². The summed E-state index contributed by atoms with van der Waals surface area (Å²) >= 11 is 1.64. The third-order valence-electron chi connectivity index (χ3n) is 2.74. The third-order valence-corrected chi connectivity index (χ3v) is 4.15. The summed E-state index contributed by atoms with van der Waals surface area (Å²) in [4.78, 5) is 11.3. The number of ether oxygens (including phenoxy) is 1. The van der Waals surface area contributed by atoms with Gasteiger partial charge in [-0.1, -0.05) is 0 Å². The summed E-state index contributed by atoms with van der Waals surface area (Å²) < 4.78 is 5.50. The van der Waals surface area contributed by atoms with Crippen LogP contribution >= 0.6 is 11.8 Å². The average molecular weight is 234 g/mol. The zero-order chi connectivity index (χ0) is 11.3. The number of rotatable bonds is 5. The first kappa shape index (κ1) is 12.8. The van der Waals surface area contributed by atoms with Crippen LogP contribution < -0.4 is 0 Å². The van der Waals surface area contributed by atoms with Crippen molar-refractivity contribution in [3.8, 4) is 0 Å². The molecule has 1 rings (SSSR count). The summed E-state index contributed by atoms with van der Waals surface area (Å²) in [5, 5.41) is 17.9. The van der Waals surface area contributed by atoms with Crippen LogP contribution in [0, 0.1) is 0 Å². The molecule has 1 heterocycles. The van der Waals surface area contributed by atoms with E-state index in [9.17, 15) is 9.90 Å². The molecule has 2 unspecified atom stereocenters. The highest BCUT2D eigenvalue weighted by Crippen LogP contribution is 2.37. The fraction of sp³-hybridized carbons (Fsp3) is 0.900. The molecule has 0 aromatic carbocycles. The van der Waals surface area contributed by atoms with Crippen molar-refractivity contribution in [2.45, 2.75) is 37.0 Å². The normalized spacial score (nSPS) is 31.5. The van der Waals surface area contributed by atoms with E-state index in [1.807, 2.05) is 6.92 Å². The van der Waals surface area contributed by atoms with Crippen molar-refractivity contribution in [3.05, 3.63) is 0 Å². The molecule has 0 aliphatic carbocycles. The summed E-state index contributed by atoms with van der Waals surface area (Å²) in [6, 6.07) is 0. The van der Waals surface area contributed by atoms with Crippen LogP contribution in [0.4, 0.5) is 0 Å². The fourth-order valence-electron chi connectivity index (χ4n) is 1.78. The Labute approximate surface area is 94.0 Å². The molecule has 2 N–H and O–H groups in total. The highest BCUT2D eigenvalue weighted by molar-refractivity contribution is 8.00. The Bertz CT molecular complexity index is 221. The lowest BCUT2D eigenvalue weighted by Crippen LogP contribution is -2.51. The van der Waals surface area contributed by atoms with Gasteiger partial charge in [0.1, 0.15) is 0 Å². The van der Waals surface area contributed by atoms with E-state index in [1.54, 1.807) is 11.8 Å². The Kier molecular flexibility index (Phi) is 4.89. The number of thioether (sulfide) groups is 1. The molecule has 4 nitrogen and oxygen atoms in total. The highest BCUT2D eigenvalue weighted by Gasteiger charge is 2.46. The van der Waals surface area contributed by atoms with Crippen molar-refractivity contribution in [1.82, 2.24) is 0 Å². The van der Waals surface area contributed by atoms with Gasteiger partial charge in [0.05, 0.1) is 6.61 Å². The smallest absolute Gasteiger partial charge is 0.337 e. The van der Waals surface area contributed by atoms with Gasteiger partial charge in [-0.05, 0) is 31.9 Å². The molecule has 0 bridgehead atoms. The minimum absolute atomic E-state index is 0.0255. The van der Waals surface area contributed by atoms with Crippen LogP contribution in [0.25, 0.3) is 0 Å². The van der Waals surface area contributed by atoms with Gasteiger partial charge in [0, 0.05) is 11.9 Å². The van der Waals surface area contributed by atoms with Crippen LogP contribution in [-0.4, -0.2) is 46.0 Å². The second-order valence-electron chi connectivity index (χ2n) is 3.74. The number of carbonyl (C=O) groups is 1. The van der Waals surface area contributed by atoms with Crippen molar-refractivity contribution in [2.75, 3.05) is 19.0 Å². The lowest BCUT2D eigenvalue weighted by Gasteiger charge is -2.38. The van der Waals surface area contributed by atoms with E-state index in [0.717, 1.165) is 12.2 Å². The standard InChI is InChI=1S/C10H18O4S/c1-8-10(9(12)13,4-2-7-15-8)14-6-3-5-11/h8,11H,2-7H2,1H3,(H,12,13). The molecule has 1 saturated heterocycles. The minimum Gasteiger partial charge on any atom is -0.479 e. The van der Waals surface area contributed by atoms with Crippen molar-refractivity contribution in [3.63, 3.8) is 0 Å². The lowest BCUT2D eigenvalue weighted by molar-refractivity contribution is -0.167. The maximum Gasteiger partial charge on any atom is 0.337 e. The van der Waals surface area contributed by atoms with Crippen LogP contribution in [-0.2, 0) is 9.53 Å². The van der Waals surface area contributed by atoms with Crippen molar-refractivity contribution in [1.29, 1.82) is 0 Å². The van der Waals surface area contributed by atoms with Gasteiger partial charge < -0.3 is 14.9 Å². The zero-order valence-electron chi connectivity index (χ0n) is 8.94. The fourth-order valence-corrected chi connectivity index (χ4v) is 3.00. The van der Waals surface area contributed by atoms with Crippen LogP contribution in [0.1, 0.15) is 26.2 Å². The first-order valence-corrected chi connectivity index (χ1v) is 6.28. The molecule has 0 amide bonds. The lowest BCUT2D eigenvalue weighted by atomic mass is 9.93. The Balaban J connectivity index is 2.63. The summed E-state index contributed by atoms with van der Waals surface area (Å²) in [5.74, 6) is 0.125. The Hall–Kier alpha value is -0.260. The van der Waals surface area contributed by atoms with Gasteiger partial charge in [-0.3, -0.25) is 0 Å². The van der Waals surface area contributed by atoms with Crippen molar-refractivity contribution in [2.24, 2.45) is 0 Å². The third kappa shape index (κ3) is 2.86. The first-order valence-electron chi connectivity index (χ1n) is 5.23. The van der Waals surface area contributed by atoms with Gasteiger partial charge in [-0.25, -0.2) is 4.79 Å². The number of hydrogen-bond acceptors (Lipinski definition) is 4. The molecule has 0 saturated carbocycles. The molecular formula is C10H18O4S. The Morgan fingerprint density at radius 3 is 2.93 bits per heavy atom. The molecule has 0 radical (unpaired) electrons. The quantitative estimate of drug-likeness (QED) is 0.698. The van der Waals surface area contributed by atoms with E-state index < -0.39 is 11.6 Å². The largest absolute Gasteiger partial charge is 0.479 e. The second-order valence-corrected chi connectivity index (χ2v) is 5.19. The topological polar surface area (TPSA) is 66.8 Å². The molecule has 0 aromatic heterocycles. The molecule has 0 aromatic rings. The zero-order valence-corrected chi connectivity index (χ0v) is 9.76. The van der Waals surface area contributed by atoms with E-state index in [-0.39, 0.29) is 11.9 Å². The van der Waals surface area contributed by atoms with E-state index in [0.29, 0.717) is 19.4 Å². The van der Waals surface area contributed by atoms with Crippen LogP contribution in [0.5, 0.6) is 0 Å². The minimum atomic E-state index is -1.04. The summed E-state index contributed by atoms with van der Waals surface area (Å²) in [6.07, 6.45) is 1.94. The number of aliphatic hydroxyl groups is 1. The van der Waals surface area contributed by atoms with Gasteiger partial charge in [0.2, 0.25) is 0 Å².